The van der Waals surface area contributed by atoms with Gasteiger partial charge < -0.3 is 15.2 Å². The van der Waals surface area contributed by atoms with Crippen molar-refractivity contribution in [3.8, 4) is 0 Å². The molecule has 0 aromatic carbocycles. The fourth-order valence-electron chi connectivity index (χ4n) is 1.36. The summed E-state index contributed by atoms with van der Waals surface area (Å²) < 4.78 is 41.6. The van der Waals surface area contributed by atoms with Crippen molar-refractivity contribution in [2.45, 2.75) is 19.1 Å². The molecular weight excluding hydrogens is 253 g/mol. The van der Waals surface area contributed by atoms with Crippen LogP contribution in [0.5, 0.6) is 0 Å². The highest BCUT2D eigenvalue weighted by atomic mass is 19.4. The molecule has 1 unspecified atom stereocenters. The van der Waals surface area contributed by atoms with E-state index in [9.17, 15) is 18.0 Å². The quantitative estimate of drug-likeness (QED) is 0.610. The third-order valence-electron chi connectivity index (χ3n) is 2.30. The van der Waals surface area contributed by atoms with Crippen LogP contribution in [0.4, 0.5) is 13.2 Å². The number of aliphatic hydroxyl groups is 1. The van der Waals surface area contributed by atoms with Gasteiger partial charge in [-0.25, -0.2) is 0 Å². The lowest BCUT2D eigenvalue weighted by molar-refractivity contribution is -0.155. The van der Waals surface area contributed by atoms with Gasteiger partial charge in [-0.2, -0.15) is 13.2 Å². The first-order valence-corrected chi connectivity index (χ1v) is 5.50. The van der Waals surface area contributed by atoms with Gasteiger partial charge >= 0.3 is 6.18 Å². The van der Waals surface area contributed by atoms with Crippen LogP contribution in [0.3, 0.4) is 0 Å². The fraction of sp³-hybridized carbons (Fsp3) is 0.900. The summed E-state index contributed by atoms with van der Waals surface area (Å²) in [5.74, 6) is -0.523. The largest absolute Gasteiger partial charge is 0.401 e. The Labute approximate surface area is 104 Å². The minimum absolute atomic E-state index is 0.210. The molecule has 18 heavy (non-hydrogen) atoms. The lowest BCUT2D eigenvalue weighted by Crippen LogP contribution is -2.50. The van der Waals surface area contributed by atoms with Gasteiger partial charge in [-0.15, -0.1) is 0 Å². The van der Waals surface area contributed by atoms with Crippen LogP contribution in [0.1, 0.15) is 6.92 Å². The Hall–Kier alpha value is -0.860. The van der Waals surface area contributed by atoms with Crippen molar-refractivity contribution >= 4 is 5.91 Å². The molecule has 0 radical (unpaired) electrons. The molecule has 0 bridgehead atoms. The zero-order valence-electron chi connectivity index (χ0n) is 10.5. The predicted octanol–water partition coefficient (Wildman–Crippen LogP) is -0.00590. The van der Waals surface area contributed by atoms with E-state index in [0.717, 1.165) is 4.90 Å². The van der Waals surface area contributed by atoms with Crippen LogP contribution >= 0.6 is 0 Å². The number of carbonyl (C=O) groups is 1. The Morgan fingerprint density at radius 2 is 2.11 bits per heavy atom. The van der Waals surface area contributed by atoms with E-state index in [1.54, 1.807) is 0 Å². The number of ether oxygens (including phenoxy) is 1. The van der Waals surface area contributed by atoms with Crippen LogP contribution in [0.25, 0.3) is 0 Å². The molecule has 1 amide bonds. The van der Waals surface area contributed by atoms with Crippen molar-refractivity contribution in [1.29, 1.82) is 0 Å². The summed E-state index contributed by atoms with van der Waals surface area (Å²) in [6.45, 7) is 0.0104. The van der Waals surface area contributed by atoms with Gasteiger partial charge in [0.1, 0.15) is 0 Å². The van der Waals surface area contributed by atoms with Gasteiger partial charge in [0, 0.05) is 20.2 Å². The number of halogens is 3. The van der Waals surface area contributed by atoms with E-state index in [1.807, 2.05) is 0 Å². The van der Waals surface area contributed by atoms with Crippen molar-refractivity contribution < 1.29 is 27.8 Å². The molecule has 0 aromatic heterocycles. The van der Waals surface area contributed by atoms with E-state index >= 15 is 0 Å². The van der Waals surface area contributed by atoms with Crippen LogP contribution in [0.2, 0.25) is 0 Å². The normalized spacial score (nSPS) is 13.7. The summed E-state index contributed by atoms with van der Waals surface area (Å²) in [6, 6.07) is -0.962. The van der Waals surface area contributed by atoms with Gasteiger partial charge in [-0.3, -0.25) is 9.69 Å². The smallest absolute Gasteiger partial charge is 0.395 e. The standard InChI is InChI=1S/C10H19F3N2O3/c1-8(9(17)14-3-6-18-2)15(4-5-16)7-10(11,12)13/h8,16H,3-7H2,1-2H3,(H,14,17). The second-order valence-electron chi connectivity index (χ2n) is 3.77. The molecule has 0 aliphatic rings. The molecule has 8 heteroatoms. The number of aliphatic hydroxyl groups excluding tert-OH is 1. The summed E-state index contributed by atoms with van der Waals surface area (Å²) >= 11 is 0. The van der Waals surface area contributed by atoms with Gasteiger partial charge in [0.05, 0.1) is 25.8 Å². The van der Waals surface area contributed by atoms with E-state index in [-0.39, 0.29) is 19.7 Å². The number of carbonyl (C=O) groups excluding carboxylic acids is 1. The third kappa shape index (κ3) is 7.46. The number of methoxy groups -OCH3 is 1. The molecule has 0 saturated heterocycles. The van der Waals surface area contributed by atoms with Crippen molar-refractivity contribution in [2.24, 2.45) is 0 Å². The van der Waals surface area contributed by atoms with Gasteiger partial charge in [0.2, 0.25) is 5.91 Å². The number of alkyl halides is 3. The number of nitrogens with one attached hydrogen (secondary N) is 1. The summed E-state index contributed by atoms with van der Waals surface area (Å²) in [5.41, 5.74) is 0. The number of rotatable bonds is 8. The second kappa shape index (κ2) is 8.28. The summed E-state index contributed by atoms with van der Waals surface area (Å²) in [6.07, 6.45) is -4.41. The lowest BCUT2D eigenvalue weighted by Gasteiger charge is -2.28. The van der Waals surface area contributed by atoms with Gasteiger partial charge in [-0.1, -0.05) is 0 Å². The van der Waals surface area contributed by atoms with Crippen LogP contribution in [-0.4, -0.2) is 68.1 Å². The molecule has 108 valence electrons. The highest BCUT2D eigenvalue weighted by Gasteiger charge is 2.34. The first-order valence-electron chi connectivity index (χ1n) is 5.50. The maximum atomic E-state index is 12.3. The Morgan fingerprint density at radius 3 is 2.56 bits per heavy atom. The third-order valence-corrected chi connectivity index (χ3v) is 2.30. The Kier molecular flexibility index (Phi) is 7.88. The van der Waals surface area contributed by atoms with Gasteiger partial charge in [0.15, 0.2) is 0 Å². The highest BCUT2D eigenvalue weighted by molar-refractivity contribution is 5.81. The minimum Gasteiger partial charge on any atom is -0.395 e. The highest BCUT2D eigenvalue weighted by Crippen LogP contribution is 2.17. The van der Waals surface area contributed by atoms with Crippen molar-refractivity contribution in [2.75, 3.05) is 40.0 Å². The van der Waals surface area contributed by atoms with E-state index in [0.29, 0.717) is 0 Å². The first kappa shape index (κ1) is 17.1. The molecule has 2 N–H and O–H groups in total. The molecule has 0 saturated carbocycles. The topological polar surface area (TPSA) is 61.8 Å². The number of hydrogen-bond acceptors (Lipinski definition) is 4. The first-order chi connectivity index (χ1) is 8.31. The number of nitrogens with zero attached hydrogens (tertiary/aromatic N) is 1. The SMILES string of the molecule is COCCNC(=O)C(C)N(CCO)CC(F)(F)F. The zero-order valence-corrected chi connectivity index (χ0v) is 10.5. The fourth-order valence-corrected chi connectivity index (χ4v) is 1.36. The van der Waals surface area contributed by atoms with Crippen LogP contribution in [-0.2, 0) is 9.53 Å². The van der Waals surface area contributed by atoms with Crippen molar-refractivity contribution in [3.63, 3.8) is 0 Å². The molecule has 0 spiro atoms. The summed E-state index contributed by atoms with van der Waals surface area (Å²) in [7, 11) is 1.46. The van der Waals surface area contributed by atoms with Crippen molar-refractivity contribution in [1.82, 2.24) is 10.2 Å². The van der Waals surface area contributed by atoms with Gasteiger partial charge in [0.25, 0.3) is 0 Å². The minimum atomic E-state index is -4.41. The van der Waals surface area contributed by atoms with Crippen LogP contribution < -0.4 is 5.32 Å². The van der Waals surface area contributed by atoms with Crippen molar-refractivity contribution in [3.05, 3.63) is 0 Å². The molecule has 0 heterocycles. The van der Waals surface area contributed by atoms with E-state index in [1.165, 1.54) is 14.0 Å². The molecule has 0 aliphatic heterocycles. The number of amides is 1. The molecule has 0 fully saturated rings. The zero-order chi connectivity index (χ0) is 14.2. The van der Waals surface area contributed by atoms with Crippen LogP contribution in [0, 0.1) is 0 Å². The van der Waals surface area contributed by atoms with E-state index < -0.39 is 31.3 Å². The number of hydrogen-bond donors (Lipinski definition) is 2. The monoisotopic (exact) mass is 272 g/mol. The maximum absolute atomic E-state index is 12.3. The predicted molar refractivity (Wildman–Crippen MR) is 59.1 cm³/mol. The van der Waals surface area contributed by atoms with E-state index in [2.05, 4.69) is 5.32 Å². The Morgan fingerprint density at radius 1 is 1.50 bits per heavy atom. The average molecular weight is 272 g/mol. The molecule has 0 aliphatic carbocycles. The van der Waals surface area contributed by atoms with Gasteiger partial charge in [-0.05, 0) is 6.92 Å². The summed E-state index contributed by atoms with van der Waals surface area (Å²) in [5, 5.41) is 11.2. The molecule has 5 nitrogen and oxygen atoms in total. The molecule has 0 rings (SSSR count). The maximum Gasteiger partial charge on any atom is 0.401 e. The van der Waals surface area contributed by atoms with E-state index in [4.69, 9.17) is 9.84 Å². The Bertz CT molecular complexity index is 249. The lowest BCUT2D eigenvalue weighted by atomic mass is 10.2. The average Bonchev–Trinajstić information content (AvgIpc) is 2.26. The Balaban J connectivity index is 4.35. The molecular formula is C10H19F3N2O3. The second-order valence-corrected chi connectivity index (χ2v) is 3.77. The van der Waals surface area contributed by atoms with Crippen LogP contribution in [0.15, 0.2) is 0 Å². The molecule has 0 aromatic rings. The summed E-state index contributed by atoms with van der Waals surface area (Å²) in [4.78, 5) is 12.4. The molecule has 1 atom stereocenters.